The highest BCUT2D eigenvalue weighted by Gasteiger charge is 2.29. The molecule has 1 heterocycles. The van der Waals surface area contributed by atoms with Crippen molar-refractivity contribution in [2.24, 2.45) is 0 Å². The fraction of sp³-hybridized carbons (Fsp3) is 0.583. The van der Waals surface area contributed by atoms with E-state index in [0.29, 0.717) is 12.3 Å². The Balaban J connectivity index is 1.94. The van der Waals surface area contributed by atoms with Gasteiger partial charge >= 0.3 is 5.97 Å². The van der Waals surface area contributed by atoms with Gasteiger partial charge in [-0.25, -0.2) is 0 Å². The number of carbonyl (C=O) groups excluding carboxylic acids is 1. The Bertz CT molecular complexity index is 451. The SMILES string of the molecule is CCC(CC(=O)O)NC(=O)c1cc(C2CC2)on1. The number of hydrogen-bond donors (Lipinski definition) is 2. The summed E-state index contributed by atoms with van der Waals surface area (Å²) in [7, 11) is 0. The maximum atomic E-state index is 11.8. The summed E-state index contributed by atoms with van der Waals surface area (Å²) in [5, 5.41) is 15.1. The van der Waals surface area contributed by atoms with Gasteiger partial charge in [-0.3, -0.25) is 9.59 Å². The molecule has 0 aliphatic heterocycles. The number of carboxylic acids is 1. The molecule has 2 N–H and O–H groups in total. The minimum absolute atomic E-state index is 0.0877. The van der Waals surface area contributed by atoms with E-state index in [1.54, 1.807) is 6.07 Å². The van der Waals surface area contributed by atoms with Gasteiger partial charge < -0.3 is 14.9 Å². The van der Waals surface area contributed by atoms with Crippen molar-refractivity contribution in [3.63, 3.8) is 0 Å². The number of rotatable bonds is 6. The zero-order valence-electron chi connectivity index (χ0n) is 10.2. The Morgan fingerprint density at radius 1 is 1.61 bits per heavy atom. The normalized spacial score (nSPS) is 16.3. The molecule has 1 unspecified atom stereocenters. The lowest BCUT2D eigenvalue weighted by Gasteiger charge is -2.13. The quantitative estimate of drug-likeness (QED) is 0.801. The number of carboxylic acid groups (broad SMARTS) is 1. The van der Waals surface area contributed by atoms with Gasteiger partial charge in [0.1, 0.15) is 5.76 Å². The molecular weight excluding hydrogens is 236 g/mol. The molecule has 1 aliphatic rings. The van der Waals surface area contributed by atoms with Gasteiger partial charge in [-0.2, -0.15) is 0 Å². The van der Waals surface area contributed by atoms with Crippen LogP contribution in [0.25, 0.3) is 0 Å². The summed E-state index contributed by atoms with van der Waals surface area (Å²) in [4.78, 5) is 22.4. The van der Waals surface area contributed by atoms with E-state index < -0.39 is 5.97 Å². The molecule has 0 aromatic carbocycles. The second-order valence-electron chi connectivity index (χ2n) is 4.57. The molecule has 6 heteroatoms. The van der Waals surface area contributed by atoms with Crippen LogP contribution in [-0.4, -0.2) is 28.2 Å². The van der Waals surface area contributed by atoms with Gasteiger partial charge in [0.25, 0.3) is 5.91 Å². The molecule has 0 spiro atoms. The molecule has 1 atom stereocenters. The lowest BCUT2D eigenvalue weighted by molar-refractivity contribution is -0.137. The van der Waals surface area contributed by atoms with E-state index in [4.69, 9.17) is 9.63 Å². The van der Waals surface area contributed by atoms with E-state index in [1.807, 2.05) is 6.92 Å². The molecule has 1 aromatic rings. The van der Waals surface area contributed by atoms with Crippen LogP contribution in [0.2, 0.25) is 0 Å². The summed E-state index contributed by atoms with van der Waals surface area (Å²) in [5.74, 6) is -0.161. The van der Waals surface area contributed by atoms with E-state index in [2.05, 4.69) is 10.5 Å². The second kappa shape index (κ2) is 5.20. The highest BCUT2D eigenvalue weighted by Crippen LogP contribution is 2.40. The molecule has 0 bridgehead atoms. The fourth-order valence-corrected chi connectivity index (χ4v) is 1.72. The Kier molecular flexibility index (Phi) is 3.64. The van der Waals surface area contributed by atoms with E-state index in [1.165, 1.54) is 0 Å². The monoisotopic (exact) mass is 252 g/mol. The number of hydrogen-bond acceptors (Lipinski definition) is 4. The predicted octanol–water partition coefficient (Wildman–Crippen LogP) is 1.54. The third kappa shape index (κ3) is 3.09. The fourth-order valence-electron chi connectivity index (χ4n) is 1.72. The Hall–Kier alpha value is -1.85. The van der Waals surface area contributed by atoms with E-state index in [0.717, 1.165) is 18.6 Å². The minimum Gasteiger partial charge on any atom is -0.481 e. The van der Waals surface area contributed by atoms with Crippen molar-refractivity contribution in [1.82, 2.24) is 10.5 Å². The van der Waals surface area contributed by atoms with Crippen molar-refractivity contribution in [1.29, 1.82) is 0 Å². The predicted molar refractivity (Wildman–Crippen MR) is 62.3 cm³/mol. The summed E-state index contributed by atoms with van der Waals surface area (Å²) < 4.78 is 5.08. The Morgan fingerprint density at radius 3 is 2.89 bits per heavy atom. The number of aliphatic carboxylic acids is 1. The van der Waals surface area contributed by atoms with Gasteiger partial charge in [-0.05, 0) is 19.3 Å². The van der Waals surface area contributed by atoms with Crippen molar-refractivity contribution >= 4 is 11.9 Å². The summed E-state index contributed by atoms with van der Waals surface area (Å²) >= 11 is 0. The van der Waals surface area contributed by atoms with Crippen molar-refractivity contribution in [3.05, 3.63) is 17.5 Å². The van der Waals surface area contributed by atoms with Gasteiger partial charge in [-0.1, -0.05) is 12.1 Å². The Morgan fingerprint density at radius 2 is 2.33 bits per heavy atom. The molecule has 98 valence electrons. The number of aromatic nitrogens is 1. The van der Waals surface area contributed by atoms with Crippen molar-refractivity contribution in [2.45, 2.75) is 44.6 Å². The molecule has 18 heavy (non-hydrogen) atoms. The highest BCUT2D eigenvalue weighted by molar-refractivity contribution is 5.92. The first-order valence-electron chi connectivity index (χ1n) is 6.09. The smallest absolute Gasteiger partial charge is 0.305 e. The van der Waals surface area contributed by atoms with Gasteiger partial charge in [0.15, 0.2) is 5.69 Å². The van der Waals surface area contributed by atoms with Crippen LogP contribution >= 0.6 is 0 Å². The first-order chi connectivity index (χ1) is 8.60. The van der Waals surface area contributed by atoms with Gasteiger partial charge in [-0.15, -0.1) is 0 Å². The van der Waals surface area contributed by atoms with Crippen LogP contribution in [0.15, 0.2) is 10.6 Å². The lowest BCUT2D eigenvalue weighted by Crippen LogP contribution is -2.36. The lowest BCUT2D eigenvalue weighted by atomic mass is 10.1. The van der Waals surface area contributed by atoms with Crippen LogP contribution in [0.3, 0.4) is 0 Å². The number of amides is 1. The molecule has 1 aromatic heterocycles. The molecule has 2 rings (SSSR count). The van der Waals surface area contributed by atoms with Gasteiger partial charge in [0.2, 0.25) is 0 Å². The van der Waals surface area contributed by atoms with Crippen LogP contribution < -0.4 is 5.32 Å². The van der Waals surface area contributed by atoms with E-state index in [-0.39, 0.29) is 24.1 Å². The first-order valence-corrected chi connectivity index (χ1v) is 6.09. The maximum absolute atomic E-state index is 11.8. The van der Waals surface area contributed by atoms with Crippen LogP contribution in [-0.2, 0) is 4.79 Å². The summed E-state index contributed by atoms with van der Waals surface area (Å²) in [6, 6.07) is 1.26. The third-order valence-electron chi connectivity index (χ3n) is 2.99. The molecule has 0 saturated heterocycles. The molecule has 1 aliphatic carbocycles. The van der Waals surface area contributed by atoms with Crippen LogP contribution in [0.5, 0.6) is 0 Å². The minimum atomic E-state index is -0.930. The summed E-state index contributed by atoms with van der Waals surface area (Å²) in [5.41, 5.74) is 0.223. The molecule has 6 nitrogen and oxygen atoms in total. The summed E-state index contributed by atoms with van der Waals surface area (Å²) in [6.45, 7) is 1.83. The zero-order chi connectivity index (χ0) is 13.1. The van der Waals surface area contributed by atoms with Crippen LogP contribution in [0.1, 0.15) is 54.8 Å². The van der Waals surface area contributed by atoms with E-state index in [9.17, 15) is 9.59 Å². The number of nitrogens with one attached hydrogen (secondary N) is 1. The van der Waals surface area contributed by atoms with Gasteiger partial charge in [0, 0.05) is 18.0 Å². The second-order valence-corrected chi connectivity index (χ2v) is 4.57. The van der Waals surface area contributed by atoms with Crippen molar-refractivity contribution in [2.75, 3.05) is 0 Å². The average molecular weight is 252 g/mol. The number of nitrogens with zero attached hydrogens (tertiary/aromatic N) is 1. The summed E-state index contributed by atoms with van der Waals surface area (Å²) in [6.07, 6.45) is 2.63. The standard InChI is InChI=1S/C12H16N2O4/c1-2-8(5-11(15)16)13-12(17)9-6-10(18-14-9)7-3-4-7/h6-8H,2-5H2,1H3,(H,13,17)(H,15,16). The average Bonchev–Trinajstić information content (AvgIpc) is 3.05. The first kappa shape index (κ1) is 12.6. The molecular formula is C12H16N2O4. The molecule has 0 radical (unpaired) electrons. The molecule has 1 saturated carbocycles. The number of carbonyl (C=O) groups is 2. The molecule has 1 fully saturated rings. The van der Waals surface area contributed by atoms with Crippen LogP contribution in [0, 0.1) is 0 Å². The zero-order valence-corrected chi connectivity index (χ0v) is 10.2. The van der Waals surface area contributed by atoms with Crippen LogP contribution in [0.4, 0.5) is 0 Å². The van der Waals surface area contributed by atoms with Crippen molar-refractivity contribution in [3.8, 4) is 0 Å². The van der Waals surface area contributed by atoms with E-state index >= 15 is 0 Å². The third-order valence-corrected chi connectivity index (χ3v) is 2.99. The van der Waals surface area contributed by atoms with Gasteiger partial charge in [0.05, 0.1) is 6.42 Å². The molecule has 1 amide bonds. The maximum Gasteiger partial charge on any atom is 0.305 e. The highest BCUT2D eigenvalue weighted by atomic mass is 16.5. The topological polar surface area (TPSA) is 92.4 Å². The Labute approximate surface area is 104 Å². The largest absolute Gasteiger partial charge is 0.481 e. The van der Waals surface area contributed by atoms with Crippen molar-refractivity contribution < 1.29 is 19.2 Å².